The van der Waals surface area contributed by atoms with E-state index in [1.807, 2.05) is 6.07 Å². The Balaban J connectivity index is 1.61. The maximum absolute atomic E-state index is 5.93. The minimum absolute atomic E-state index is 0.790. The molecule has 134 valence electrons. The van der Waals surface area contributed by atoms with E-state index >= 15 is 0 Å². The van der Waals surface area contributed by atoms with Gasteiger partial charge in [-0.1, -0.05) is 44.0 Å². The molecule has 2 nitrogen and oxygen atoms in total. The maximum atomic E-state index is 5.93. The third-order valence-corrected chi connectivity index (χ3v) is 5.39. The van der Waals surface area contributed by atoms with Crippen molar-refractivity contribution in [2.24, 2.45) is 0 Å². The van der Waals surface area contributed by atoms with Crippen molar-refractivity contribution in [1.82, 2.24) is 0 Å². The molecule has 0 spiro atoms. The van der Waals surface area contributed by atoms with E-state index in [1.54, 1.807) is 6.26 Å². The Labute approximate surface area is 158 Å². The number of hydrogen-bond donors (Lipinski definition) is 0. The van der Waals surface area contributed by atoms with Crippen LogP contribution in [0, 0.1) is 0 Å². The summed E-state index contributed by atoms with van der Waals surface area (Å²) in [6, 6.07) is 21.7. The lowest BCUT2D eigenvalue weighted by atomic mass is 9.97. The van der Waals surface area contributed by atoms with Gasteiger partial charge < -0.3 is 9.15 Å². The standard InChI is InChI=1S/C25H22O2/c1-2-3-4-12-26-20-7-5-17-16-24-18(14-19(17)15-20)6-8-21-22(24)9-10-25-23(21)11-13-27-25/h5-11,13-16H,2-4,12H2,1H3. The van der Waals surface area contributed by atoms with Gasteiger partial charge in [-0.3, -0.25) is 0 Å². The molecular formula is C25H22O2. The van der Waals surface area contributed by atoms with Gasteiger partial charge in [0.05, 0.1) is 12.9 Å². The van der Waals surface area contributed by atoms with Crippen molar-refractivity contribution in [2.75, 3.05) is 6.61 Å². The van der Waals surface area contributed by atoms with Crippen LogP contribution in [0.1, 0.15) is 26.2 Å². The van der Waals surface area contributed by atoms with Crippen molar-refractivity contribution in [2.45, 2.75) is 26.2 Å². The number of hydrogen-bond acceptors (Lipinski definition) is 2. The molecule has 0 aliphatic heterocycles. The summed E-state index contributed by atoms with van der Waals surface area (Å²) in [5, 5.41) is 8.67. The van der Waals surface area contributed by atoms with Crippen LogP contribution in [0.5, 0.6) is 5.75 Å². The van der Waals surface area contributed by atoms with Crippen LogP contribution < -0.4 is 4.74 Å². The quantitative estimate of drug-likeness (QED) is 0.186. The van der Waals surface area contributed by atoms with E-state index in [4.69, 9.17) is 9.15 Å². The Bertz CT molecular complexity index is 1260. The van der Waals surface area contributed by atoms with Crippen molar-refractivity contribution in [3.63, 3.8) is 0 Å². The molecule has 0 saturated carbocycles. The second-order valence-corrected chi connectivity index (χ2v) is 7.20. The molecule has 0 atom stereocenters. The molecule has 0 saturated heterocycles. The van der Waals surface area contributed by atoms with E-state index in [1.165, 1.54) is 50.5 Å². The predicted octanol–water partition coefficient (Wildman–Crippen LogP) is 7.46. The number of unbranched alkanes of at least 4 members (excludes halogenated alkanes) is 2. The highest BCUT2D eigenvalue weighted by atomic mass is 16.5. The first-order valence-corrected chi connectivity index (χ1v) is 9.73. The van der Waals surface area contributed by atoms with Crippen molar-refractivity contribution in [1.29, 1.82) is 0 Å². The molecule has 0 aliphatic carbocycles. The number of ether oxygens (including phenoxy) is 1. The molecule has 0 amide bonds. The molecule has 0 N–H and O–H groups in total. The molecule has 0 radical (unpaired) electrons. The second kappa shape index (κ2) is 6.62. The summed E-state index contributed by atoms with van der Waals surface area (Å²) in [6.45, 7) is 3.00. The van der Waals surface area contributed by atoms with E-state index in [2.05, 4.69) is 61.5 Å². The van der Waals surface area contributed by atoms with Crippen molar-refractivity contribution in [3.8, 4) is 5.75 Å². The second-order valence-electron chi connectivity index (χ2n) is 7.20. The van der Waals surface area contributed by atoms with Gasteiger partial charge in [-0.15, -0.1) is 0 Å². The van der Waals surface area contributed by atoms with Crippen LogP contribution in [-0.2, 0) is 0 Å². The van der Waals surface area contributed by atoms with Crippen LogP contribution in [0.3, 0.4) is 0 Å². The Morgan fingerprint density at radius 1 is 0.704 bits per heavy atom. The summed E-state index contributed by atoms with van der Waals surface area (Å²) in [5.74, 6) is 0.957. The van der Waals surface area contributed by atoms with Crippen LogP contribution >= 0.6 is 0 Å². The van der Waals surface area contributed by atoms with Gasteiger partial charge >= 0.3 is 0 Å². The molecule has 0 aliphatic rings. The molecule has 0 bridgehead atoms. The highest BCUT2D eigenvalue weighted by Crippen LogP contribution is 2.34. The van der Waals surface area contributed by atoms with Crippen LogP contribution in [-0.4, -0.2) is 6.61 Å². The number of benzene rings is 4. The molecule has 4 aromatic carbocycles. The highest BCUT2D eigenvalue weighted by molar-refractivity contribution is 6.18. The zero-order valence-electron chi connectivity index (χ0n) is 15.5. The summed E-state index contributed by atoms with van der Waals surface area (Å²) < 4.78 is 11.5. The number of rotatable bonds is 5. The summed E-state index contributed by atoms with van der Waals surface area (Å²) in [7, 11) is 0. The largest absolute Gasteiger partial charge is 0.494 e. The first-order valence-electron chi connectivity index (χ1n) is 9.73. The van der Waals surface area contributed by atoms with Gasteiger partial charge in [0.15, 0.2) is 0 Å². The predicted molar refractivity (Wildman–Crippen MR) is 114 cm³/mol. The smallest absolute Gasteiger partial charge is 0.134 e. The van der Waals surface area contributed by atoms with Gasteiger partial charge in [0.2, 0.25) is 0 Å². The van der Waals surface area contributed by atoms with Gasteiger partial charge in [0.25, 0.3) is 0 Å². The van der Waals surface area contributed by atoms with Crippen LogP contribution in [0.15, 0.2) is 71.3 Å². The molecule has 0 unspecified atom stereocenters. The summed E-state index contributed by atoms with van der Waals surface area (Å²) >= 11 is 0. The average Bonchev–Trinajstić information content (AvgIpc) is 3.18. The minimum atomic E-state index is 0.790. The number of fused-ring (bicyclic) bond motifs is 6. The van der Waals surface area contributed by atoms with Gasteiger partial charge in [-0.25, -0.2) is 0 Å². The average molecular weight is 354 g/mol. The van der Waals surface area contributed by atoms with Crippen LogP contribution in [0.2, 0.25) is 0 Å². The molecule has 0 fully saturated rings. The molecule has 1 heterocycles. The third kappa shape index (κ3) is 2.82. The Morgan fingerprint density at radius 2 is 1.56 bits per heavy atom. The van der Waals surface area contributed by atoms with E-state index in [0.717, 1.165) is 24.4 Å². The van der Waals surface area contributed by atoms with Crippen LogP contribution in [0.25, 0.3) is 43.3 Å². The van der Waals surface area contributed by atoms with E-state index in [0.29, 0.717) is 0 Å². The summed E-state index contributed by atoms with van der Waals surface area (Å²) in [4.78, 5) is 0. The highest BCUT2D eigenvalue weighted by Gasteiger charge is 2.08. The zero-order chi connectivity index (χ0) is 18.2. The lowest BCUT2D eigenvalue weighted by molar-refractivity contribution is 0.306. The topological polar surface area (TPSA) is 22.4 Å². The van der Waals surface area contributed by atoms with E-state index in [9.17, 15) is 0 Å². The van der Waals surface area contributed by atoms with Gasteiger partial charge in [-0.05, 0) is 75.1 Å². The normalized spacial score (nSPS) is 11.7. The van der Waals surface area contributed by atoms with Gasteiger partial charge in [0.1, 0.15) is 11.3 Å². The molecule has 2 heteroatoms. The van der Waals surface area contributed by atoms with Gasteiger partial charge in [-0.2, -0.15) is 0 Å². The fourth-order valence-corrected chi connectivity index (χ4v) is 3.95. The molecule has 27 heavy (non-hydrogen) atoms. The summed E-state index contributed by atoms with van der Waals surface area (Å²) in [6.07, 6.45) is 5.30. The zero-order valence-corrected chi connectivity index (χ0v) is 15.5. The summed E-state index contributed by atoms with van der Waals surface area (Å²) in [5.41, 5.74) is 0.938. The maximum Gasteiger partial charge on any atom is 0.134 e. The van der Waals surface area contributed by atoms with Crippen LogP contribution in [0.4, 0.5) is 0 Å². The monoisotopic (exact) mass is 354 g/mol. The fraction of sp³-hybridized carbons (Fsp3) is 0.200. The molecule has 5 rings (SSSR count). The number of furan rings is 1. The Kier molecular flexibility index (Phi) is 3.97. The molecule has 5 aromatic rings. The molecular weight excluding hydrogens is 332 g/mol. The Hall–Kier alpha value is -3.00. The Morgan fingerprint density at radius 3 is 2.48 bits per heavy atom. The first kappa shape index (κ1) is 16.2. The lowest BCUT2D eigenvalue weighted by Gasteiger charge is -2.10. The third-order valence-electron chi connectivity index (χ3n) is 5.39. The molecule has 1 aromatic heterocycles. The lowest BCUT2D eigenvalue weighted by Crippen LogP contribution is -1.96. The van der Waals surface area contributed by atoms with Crippen molar-refractivity contribution in [3.05, 3.63) is 66.9 Å². The van der Waals surface area contributed by atoms with E-state index in [-0.39, 0.29) is 0 Å². The SMILES string of the molecule is CCCCCOc1ccc2cc3c(ccc4c5ccoc5ccc34)cc2c1. The van der Waals surface area contributed by atoms with Crippen molar-refractivity contribution >= 4 is 43.3 Å². The van der Waals surface area contributed by atoms with Crippen molar-refractivity contribution < 1.29 is 9.15 Å². The van der Waals surface area contributed by atoms with Gasteiger partial charge in [0, 0.05) is 5.39 Å². The minimum Gasteiger partial charge on any atom is -0.494 e. The fourth-order valence-electron chi connectivity index (χ4n) is 3.95. The first-order chi connectivity index (χ1) is 13.3. The van der Waals surface area contributed by atoms with E-state index < -0.39 is 0 Å².